The maximum Gasteiger partial charge on any atom is 0.352 e. The molecule has 11 nitrogen and oxygen atoms in total. The van der Waals surface area contributed by atoms with E-state index >= 15 is 0 Å². The van der Waals surface area contributed by atoms with Gasteiger partial charge in [0.1, 0.15) is 0 Å². The lowest BCUT2D eigenvalue weighted by Crippen LogP contribution is -2.15. The molecule has 1 rings (SSSR count). The number of anilines is 1. The summed E-state index contributed by atoms with van der Waals surface area (Å²) in [7, 11) is 0.921. The third-order valence-corrected chi connectivity index (χ3v) is 2.61. The van der Waals surface area contributed by atoms with E-state index < -0.39 is 44.3 Å². The molecule has 0 saturated heterocycles. The summed E-state index contributed by atoms with van der Waals surface area (Å²) in [5, 5.41) is 24.6. The fourth-order valence-electron chi connectivity index (χ4n) is 1.83. The second kappa shape index (κ2) is 7.15. The number of esters is 1. The van der Waals surface area contributed by atoms with E-state index in [0.29, 0.717) is 0 Å². The van der Waals surface area contributed by atoms with Gasteiger partial charge in [-0.2, -0.15) is 0 Å². The minimum atomic E-state index is -1.28. The van der Waals surface area contributed by atoms with Gasteiger partial charge >= 0.3 is 11.7 Å². The first-order chi connectivity index (χ1) is 10.7. The van der Waals surface area contributed by atoms with Crippen molar-refractivity contribution < 1.29 is 28.9 Å². The SMILES string of the molecule is CCOc1cc([N+](=O)[O-])c(C(=O)OC)c([N+](=O)[O-])c1NC(C)=O. The minimum Gasteiger partial charge on any atom is -0.491 e. The van der Waals surface area contributed by atoms with Gasteiger partial charge in [0.2, 0.25) is 11.5 Å². The Morgan fingerprint density at radius 3 is 2.26 bits per heavy atom. The number of amides is 1. The van der Waals surface area contributed by atoms with Crippen LogP contribution in [0.3, 0.4) is 0 Å². The first-order valence-electron chi connectivity index (χ1n) is 6.23. The van der Waals surface area contributed by atoms with Crippen LogP contribution in [0.15, 0.2) is 6.07 Å². The lowest BCUT2D eigenvalue weighted by atomic mass is 10.1. The number of hydrogen-bond donors (Lipinski definition) is 1. The van der Waals surface area contributed by atoms with Crippen LogP contribution in [0.5, 0.6) is 5.75 Å². The predicted octanol–water partition coefficient (Wildman–Crippen LogP) is 1.65. The molecule has 1 aromatic carbocycles. The number of nitrogens with zero attached hydrogens (tertiary/aromatic N) is 2. The zero-order valence-electron chi connectivity index (χ0n) is 12.4. The number of carbonyl (C=O) groups excluding carboxylic acids is 2. The van der Waals surface area contributed by atoms with Gasteiger partial charge in [0.15, 0.2) is 11.4 Å². The predicted molar refractivity (Wildman–Crippen MR) is 76.6 cm³/mol. The molecule has 1 N–H and O–H groups in total. The summed E-state index contributed by atoms with van der Waals surface area (Å²) in [6.07, 6.45) is 0. The van der Waals surface area contributed by atoms with Crippen LogP contribution >= 0.6 is 0 Å². The van der Waals surface area contributed by atoms with Crippen molar-refractivity contribution in [2.75, 3.05) is 19.0 Å². The van der Waals surface area contributed by atoms with Crippen molar-refractivity contribution in [1.29, 1.82) is 0 Å². The molecule has 0 aromatic heterocycles. The number of rotatable bonds is 6. The average Bonchev–Trinajstić information content (AvgIpc) is 2.46. The van der Waals surface area contributed by atoms with E-state index in [-0.39, 0.29) is 12.4 Å². The number of hydrogen-bond acceptors (Lipinski definition) is 8. The summed E-state index contributed by atoms with van der Waals surface area (Å²) in [5.41, 5.74) is -3.16. The van der Waals surface area contributed by atoms with Crippen molar-refractivity contribution in [2.45, 2.75) is 13.8 Å². The van der Waals surface area contributed by atoms with Gasteiger partial charge in [0.25, 0.3) is 5.69 Å². The van der Waals surface area contributed by atoms with Crippen molar-refractivity contribution in [3.05, 3.63) is 31.9 Å². The van der Waals surface area contributed by atoms with Crippen LogP contribution in [0.1, 0.15) is 24.2 Å². The molecule has 0 aliphatic rings. The molecule has 1 aromatic rings. The number of nitro groups is 2. The standard InChI is InChI=1S/C12H13N3O8/c1-4-23-8-5-7(14(18)19)9(12(17)22-3)11(15(20)21)10(8)13-6(2)16/h5H,4H2,1-3H3,(H,13,16). The van der Waals surface area contributed by atoms with Gasteiger partial charge in [0.05, 0.1) is 29.6 Å². The Morgan fingerprint density at radius 2 is 1.87 bits per heavy atom. The molecule has 0 saturated carbocycles. The highest BCUT2D eigenvalue weighted by Crippen LogP contribution is 2.43. The number of methoxy groups -OCH3 is 1. The van der Waals surface area contributed by atoms with Gasteiger partial charge in [-0.3, -0.25) is 25.0 Å². The number of benzene rings is 1. The van der Waals surface area contributed by atoms with Gasteiger partial charge in [-0.15, -0.1) is 0 Å². The van der Waals surface area contributed by atoms with Crippen molar-refractivity contribution in [3.8, 4) is 5.75 Å². The van der Waals surface area contributed by atoms with Crippen LogP contribution in [-0.4, -0.2) is 35.4 Å². The molecule has 0 bridgehead atoms. The maximum absolute atomic E-state index is 11.8. The van der Waals surface area contributed by atoms with E-state index in [2.05, 4.69) is 10.1 Å². The summed E-state index contributed by atoms with van der Waals surface area (Å²) in [5.74, 6) is -2.26. The van der Waals surface area contributed by atoms with E-state index in [4.69, 9.17) is 4.74 Å². The molecule has 124 valence electrons. The second-order valence-electron chi connectivity index (χ2n) is 4.11. The first-order valence-corrected chi connectivity index (χ1v) is 6.23. The maximum atomic E-state index is 11.8. The minimum absolute atomic E-state index is 0.0263. The Kier molecular flexibility index (Phi) is 5.54. The van der Waals surface area contributed by atoms with E-state index in [1.807, 2.05) is 0 Å². The molecule has 11 heteroatoms. The van der Waals surface area contributed by atoms with E-state index in [0.717, 1.165) is 20.1 Å². The van der Waals surface area contributed by atoms with Crippen LogP contribution in [-0.2, 0) is 9.53 Å². The molecule has 0 aliphatic heterocycles. The van der Waals surface area contributed by atoms with Crippen LogP contribution in [0.25, 0.3) is 0 Å². The Bertz CT molecular complexity index is 685. The average molecular weight is 327 g/mol. The Morgan fingerprint density at radius 1 is 1.26 bits per heavy atom. The Labute approximate surface area is 129 Å². The zero-order chi connectivity index (χ0) is 17.7. The molecule has 0 radical (unpaired) electrons. The normalized spacial score (nSPS) is 9.87. The van der Waals surface area contributed by atoms with Gasteiger partial charge < -0.3 is 14.8 Å². The second-order valence-corrected chi connectivity index (χ2v) is 4.11. The number of nitrogens with one attached hydrogen (secondary N) is 1. The fraction of sp³-hybridized carbons (Fsp3) is 0.333. The number of nitro benzene ring substituents is 2. The third-order valence-electron chi connectivity index (χ3n) is 2.61. The van der Waals surface area contributed by atoms with Crippen molar-refractivity contribution in [2.24, 2.45) is 0 Å². The first kappa shape index (κ1) is 17.8. The Balaban J connectivity index is 3.91. The smallest absolute Gasteiger partial charge is 0.352 e. The third kappa shape index (κ3) is 3.70. The quantitative estimate of drug-likeness (QED) is 0.470. The van der Waals surface area contributed by atoms with Crippen LogP contribution in [0.4, 0.5) is 17.1 Å². The van der Waals surface area contributed by atoms with Gasteiger partial charge in [-0.1, -0.05) is 0 Å². The summed E-state index contributed by atoms with van der Waals surface area (Å²) in [6, 6.07) is 0.827. The topological polar surface area (TPSA) is 151 Å². The largest absolute Gasteiger partial charge is 0.491 e. The number of ether oxygens (including phenoxy) is 2. The van der Waals surface area contributed by atoms with Crippen molar-refractivity contribution in [1.82, 2.24) is 0 Å². The highest BCUT2D eigenvalue weighted by atomic mass is 16.6. The highest BCUT2D eigenvalue weighted by molar-refractivity contribution is 6.05. The van der Waals surface area contributed by atoms with Crippen molar-refractivity contribution >= 4 is 28.9 Å². The lowest BCUT2D eigenvalue weighted by Gasteiger charge is -2.13. The Hall–Kier alpha value is -3.24. The molecule has 0 atom stereocenters. The molecule has 0 spiro atoms. The molecule has 0 aliphatic carbocycles. The van der Waals surface area contributed by atoms with Gasteiger partial charge in [-0.05, 0) is 6.92 Å². The molecule has 0 fully saturated rings. The van der Waals surface area contributed by atoms with E-state index in [1.165, 1.54) is 0 Å². The summed E-state index contributed by atoms with van der Waals surface area (Å²) in [4.78, 5) is 43.6. The zero-order valence-corrected chi connectivity index (χ0v) is 12.4. The van der Waals surface area contributed by atoms with Gasteiger partial charge in [-0.25, -0.2) is 4.79 Å². The molecule has 23 heavy (non-hydrogen) atoms. The lowest BCUT2D eigenvalue weighted by molar-refractivity contribution is -0.394. The monoisotopic (exact) mass is 327 g/mol. The van der Waals surface area contributed by atoms with Crippen LogP contribution < -0.4 is 10.1 Å². The molecular formula is C12H13N3O8. The van der Waals surface area contributed by atoms with Crippen LogP contribution in [0.2, 0.25) is 0 Å². The molecule has 0 unspecified atom stereocenters. The fourth-order valence-corrected chi connectivity index (χ4v) is 1.83. The molecule has 1 amide bonds. The van der Waals surface area contributed by atoms with Crippen molar-refractivity contribution in [3.63, 3.8) is 0 Å². The van der Waals surface area contributed by atoms with Gasteiger partial charge in [0, 0.05) is 6.92 Å². The molecular weight excluding hydrogens is 314 g/mol. The van der Waals surface area contributed by atoms with Crippen LogP contribution in [0, 0.1) is 20.2 Å². The molecule has 0 heterocycles. The summed E-state index contributed by atoms with van der Waals surface area (Å²) in [6.45, 7) is 2.65. The summed E-state index contributed by atoms with van der Waals surface area (Å²) < 4.78 is 9.49. The highest BCUT2D eigenvalue weighted by Gasteiger charge is 2.38. The summed E-state index contributed by atoms with van der Waals surface area (Å²) >= 11 is 0. The number of carbonyl (C=O) groups is 2. The van der Waals surface area contributed by atoms with E-state index in [9.17, 15) is 29.8 Å². The van der Waals surface area contributed by atoms with E-state index in [1.54, 1.807) is 6.92 Å².